The van der Waals surface area contributed by atoms with Gasteiger partial charge in [-0.15, -0.1) is 0 Å². The Hall–Kier alpha value is -0.750. The van der Waals surface area contributed by atoms with Gasteiger partial charge < -0.3 is 10.6 Å². The van der Waals surface area contributed by atoms with Crippen molar-refractivity contribution in [2.45, 2.75) is 26.1 Å². The topological polar surface area (TPSA) is 29.3 Å². The number of halogens is 4. The summed E-state index contributed by atoms with van der Waals surface area (Å²) in [4.78, 5) is 1.27. The average molecular weight is 325 g/mol. The summed E-state index contributed by atoms with van der Waals surface area (Å²) in [5.41, 5.74) is 7.16. The lowest BCUT2D eigenvalue weighted by Gasteiger charge is -2.25. The highest BCUT2D eigenvalue weighted by molar-refractivity contribution is 9.10. The molecule has 0 saturated heterocycles. The molecule has 0 amide bonds. The van der Waals surface area contributed by atoms with Crippen LogP contribution >= 0.6 is 15.9 Å². The van der Waals surface area contributed by atoms with Gasteiger partial charge in [0, 0.05) is 22.7 Å². The van der Waals surface area contributed by atoms with Crippen LogP contribution < -0.4 is 10.6 Å². The minimum absolute atomic E-state index is 0.161. The fourth-order valence-corrected chi connectivity index (χ4v) is 2.41. The standard InChI is InChI=1S/C12H16BrF3N2/c1-3-18(7-12(14,15)16)9-4-5-10(8(2)17)11(13)6-9/h4-6,8H,3,7,17H2,1-2H3/t8-/m1/s1. The van der Waals surface area contributed by atoms with Gasteiger partial charge in [-0.3, -0.25) is 0 Å². The first kappa shape index (κ1) is 15.3. The number of alkyl halides is 3. The summed E-state index contributed by atoms with van der Waals surface area (Å²) in [6.45, 7) is 2.86. The van der Waals surface area contributed by atoms with Crippen LogP contribution in [0, 0.1) is 0 Å². The van der Waals surface area contributed by atoms with Gasteiger partial charge in [0.15, 0.2) is 0 Å². The van der Waals surface area contributed by atoms with E-state index in [1.165, 1.54) is 4.90 Å². The Labute approximate surface area is 113 Å². The Morgan fingerprint density at radius 2 is 2.00 bits per heavy atom. The zero-order chi connectivity index (χ0) is 13.9. The van der Waals surface area contributed by atoms with Crippen LogP contribution in [0.15, 0.2) is 22.7 Å². The van der Waals surface area contributed by atoms with Gasteiger partial charge in [0.05, 0.1) is 0 Å². The molecule has 0 bridgehead atoms. The largest absolute Gasteiger partial charge is 0.405 e. The van der Waals surface area contributed by atoms with Crippen molar-refractivity contribution in [1.82, 2.24) is 0 Å². The number of nitrogens with zero attached hydrogens (tertiary/aromatic N) is 1. The van der Waals surface area contributed by atoms with Crippen LogP contribution in [0.5, 0.6) is 0 Å². The monoisotopic (exact) mass is 324 g/mol. The Balaban J connectivity index is 2.98. The first-order valence-corrected chi connectivity index (χ1v) is 6.40. The molecular weight excluding hydrogens is 309 g/mol. The molecule has 1 aromatic carbocycles. The van der Waals surface area contributed by atoms with E-state index in [-0.39, 0.29) is 6.04 Å². The minimum Gasteiger partial charge on any atom is -0.363 e. The summed E-state index contributed by atoms with van der Waals surface area (Å²) < 4.78 is 38.0. The smallest absolute Gasteiger partial charge is 0.363 e. The third-order valence-corrected chi connectivity index (χ3v) is 3.28. The fourth-order valence-electron chi connectivity index (χ4n) is 1.68. The van der Waals surface area contributed by atoms with Crippen molar-refractivity contribution in [3.63, 3.8) is 0 Å². The van der Waals surface area contributed by atoms with Crippen molar-refractivity contribution in [3.8, 4) is 0 Å². The molecule has 0 fully saturated rings. The van der Waals surface area contributed by atoms with Gasteiger partial charge in [-0.2, -0.15) is 13.2 Å². The van der Waals surface area contributed by atoms with E-state index in [9.17, 15) is 13.2 Å². The molecule has 0 aliphatic carbocycles. The zero-order valence-corrected chi connectivity index (χ0v) is 11.8. The lowest BCUT2D eigenvalue weighted by atomic mass is 10.1. The van der Waals surface area contributed by atoms with E-state index in [1.807, 2.05) is 6.92 Å². The first-order valence-electron chi connectivity index (χ1n) is 5.61. The van der Waals surface area contributed by atoms with E-state index in [4.69, 9.17) is 5.73 Å². The van der Waals surface area contributed by atoms with Crippen LogP contribution in [0.2, 0.25) is 0 Å². The molecular formula is C12H16BrF3N2. The molecule has 0 heterocycles. The van der Waals surface area contributed by atoms with Crippen LogP contribution in [0.3, 0.4) is 0 Å². The summed E-state index contributed by atoms with van der Waals surface area (Å²) >= 11 is 3.34. The minimum atomic E-state index is -4.21. The third-order valence-electron chi connectivity index (χ3n) is 2.59. The van der Waals surface area contributed by atoms with Crippen LogP contribution in [0.25, 0.3) is 0 Å². The number of anilines is 1. The third kappa shape index (κ3) is 4.17. The van der Waals surface area contributed by atoms with Crippen LogP contribution in [-0.4, -0.2) is 19.3 Å². The van der Waals surface area contributed by atoms with Crippen molar-refractivity contribution in [2.75, 3.05) is 18.0 Å². The second-order valence-corrected chi connectivity index (χ2v) is 4.98. The van der Waals surface area contributed by atoms with Crippen molar-refractivity contribution >= 4 is 21.6 Å². The van der Waals surface area contributed by atoms with Gasteiger partial charge in [-0.1, -0.05) is 22.0 Å². The van der Waals surface area contributed by atoms with Gasteiger partial charge in [0.25, 0.3) is 0 Å². The lowest BCUT2D eigenvalue weighted by Crippen LogP contribution is -2.34. The van der Waals surface area contributed by atoms with Gasteiger partial charge in [0.1, 0.15) is 6.54 Å². The van der Waals surface area contributed by atoms with Crippen LogP contribution in [0.1, 0.15) is 25.5 Å². The normalized spacial score (nSPS) is 13.5. The molecule has 0 spiro atoms. The van der Waals surface area contributed by atoms with Crippen molar-refractivity contribution in [3.05, 3.63) is 28.2 Å². The van der Waals surface area contributed by atoms with Crippen molar-refractivity contribution in [2.24, 2.45) is 5.73 Å². The summed E-state index contributed by atoms with van der Waals surface area (Å²) in [7, 11) is 0. The second kappa shape index (κ2) is 5.93. The Kier molecular flexibility index (Phi) is 5.04. The molecule has 0 radical (unpaired) electrons. The van der Waals surface area contributed by atoms with Gasteiger partial charge in [-0.05, 0) is 31.5 Å². The number of rotatable bonds is 4. The van der Waals surface area contributed by atoms with Gasteiger partial charge in [-0.25, -0.2) is 0 Å². The lowest BCUT2D eigenvalue weighted by molar-refractivity contribution is -0.119. The number of benzene rings is 1. The fraction of sp³-hybridized carbons (Fsp3) is 0.500. The van der Waals surface area contributed by atoms with E-state index >= 15 is 0 Å². The highest BCUT2D eigenvalue weighted by Gasteiger charge is 2.30. The maximum absolute atomic E-state index is 12.4. The summed E-state index contributed by atoms with van der Waals surface area (Å²) in [6.07, 6.45) is -4.21. The van der Waals surface area contributed by atoms with Crippen molar-refractivity contribution < 1.29 is 13.2 Å². The molecule has 18 heavy (non-hydrogen) atoms. The van der Waals surface area contributed by atoms with Crippen LogP contribution in [0.4, 0.5) is 18.9 Å². The molecule has 2 N–H and O–H groups in total. The molecule has 0 unspecified atom stereocenters. The zero-order valence-electron chi connectivity index (χ0n) is 10.3. The molecule has 2 nitrogen and oxygen atoms in total. The predicted molar refractivity (Wildman–Crippen MR) is 70.7 cm³/mol. The molecule has 102 valence electrons. The number of hydrogen-bond donors (Lipinski definition) is 1. The Bertz CT molecular complexity index is 405. The number of nitrogens with two attached hydrogens (primary N) is 1. The Morgan fingerprint density at radius 1 is 1.39 bits per heavy atom. The van der Waals surface area contributed by atoms with Gasteiger partial charge >= 0.3 is 6.18 Å². The van der Waals surface area contributed by atoms with Crippen LogP contribution in [-0.2, 0) is 0 Å². The molecule has 1 aromatic rings. The summed E-state index contributed by atoms with van der Waals surface area (Å²) in [6, 6.07) is 4.93. The SMILES string of the molecule is CCN(CC(F)(F)F)c1ccc([C@@H](C)N)c(Br)c1. The van der Waals surface area contributed by atoms with E-state index < -0.39 is 12.7 Å². The molecule has 1 rings (SSSR count). The van der Waals surface area contributed by atoms with E-state index in [0.717, 1.165) is 10.0 Å². The Morgan fingerprint density at radius 3 is 2.39 bits per heavy atom. The maximum Gasteiger partial charge on any atom is 0.405 e. The molecule has 0 saturated carbocycles. The summed E-state index contributed by atoms with van der Waals surface area (Å²) in [5.74, 6) is 0. The quantitative estimate of drug-likeness (QED) is 0.911. The molecule has 0 aromatic heterocycles. The van der Waals surface area contributed by atoms with E-state index in [0.29, 0.717) is 12.2 Å². The molecule has 0 aliphatic rings. The molecule has 1 atom stereocenters. The number of hydrogen-bond acceptors (Lipinski definition) is 2. The molecule has 0 aliphatic heterocycles. The average Bonchev–Trinajstić information content (AvgIpc) is 2.24. The van der Waals surface area contributed by atoms with E-state index in [2.05, 4.69) is 15.9 Å². The van der Waals surface area contributed by atoms with E-state index in [1.54, 1.807) is 25.1 Å². The second-order valence-electron chi connectivity index (χ2n) is 4.12. The van der Waals surface area contributed by atoms with Gasteiger partial charge in [0.2, 0.25) is 0 Å². The first-order chi connectivity index (χ1) is 8.24. The predicted octanol–water partition coefficient (Wildman–Crippen LogP) is 3.86. The molecule has 6 heteroatoms. The van der Waals surface area contributed by atoms with Crippen molar-refractivity contribution in [1.29, 1.82) is 0 Å². The highest BCUT2D eigenvalue weighted by Crippen LogP contribution is 2.29. The summed E-state index contributed by atoms with van der Waals surface area (Å²) in [5, 5.41) is 0. The maximum atomic E-state index is 12.4. The highest BCUT2D eigenvalue weighted by atomic mass is 79.9.